The third kappa shape index (κ3) is 2.41. The molecule has 0 spiro atoms. The van der Waals surface area contributed by atoms with Crippen molar-refractivity contribution < 1.29 is 15.0 Å². The summed E-state index contributed by atoms with van der Waals surface area (Å²) in [6.45, 7) is 6.79. The number of hydrogen-bond donors (Lipinski definition) is 2. The monoisotopic (exact) mass is 348 g/mol. The first-order chi connectivity index (χ1) is 11.8. The zero-order valence-electron chi connectivity index (χ0n) is 16.2. The molecule has 0 saturated heterocycles. The Bertz CT molecular complexity index is 533. The summed E-state index contributed by atoms with van der Waals surface area (Å²) in [5, 5.41) is 21.4. The molecule has 4 rings (SSSR count). The van der Waals surface area contributed by atoms with Crippen molar-refractivity contribution in [3.8, 4) is 0 Å². The van der Waals surface area contributed by atoms with Crippen LogP contribution in [0.3, 0.4) is 0 Å². The van der Waals surface area contributed by atoms with Crippen molar-refractivity contribution in [2.75, 3.05) is 0 Å². The van der Waals surface area contributed by atoms with Crippen molar-refractivity contribution >= 4 is 6.29 Å². The highest BCUT2D eigenvalue weighted by atomic mass is 16.3. The topological polar surface area (TPSA) is 57.5 Å². The predicted octanol–water partition coefficient (Wildman–Crippen LogP) is 3.81. The van der Waals surface area contributed by atoms with E-state index >= 15 is 0 Å². The third-order valence-electron chi connectivity index (χ3n) is 9.67. The van der Waals surface area contributed by atoms with Crippen LogP contribution >= 0.6 is 0 Å². The van der Waals surface area contributed by atoms with Gasteiger partial charge in [0.1, 0.15) is 6.29 Å². The van der Waals surface area contributed by atoms with E-state index in [9.17, 15) is 15.0 Å². The van der Waals surface area contributed by atoms with E-state index in [1.807, 2.05) is 6.92 Å². The molecule has 142 valence electrons. The van der Waals surface area contributed by atoms with Gasteiger partial charge in [0.2, 0.25) is 0 Å². The Morgan fingerprint density at radius 3 is 2.48 bits per heavy atom. The van der Waals surface area contributed by atoms with Gasteiger partial charge in [-0.3, -0.25) is 0 Å². The van der Waals surface area contributed by atoms with Gasteiger partial charge in [0.25, 0.3) is 0 Å². The summed E-state index contributed by atoms with van der Waals surface area (Å²) in [4.78, 5) is 11.5. The fraction of sp³-hybridized carbons (Fsp3) is 0.955. The summed E-state index contributed by atoms with van der Waals surface area (Å²) in [5.74, 6) is 2.88. The predicted molar refractivity (Wildman–Crippen MR) is 97.8 cm³/mol. The molecule has 0 amide bonds. The maximum absolute atomic E-state index is 11.5. The van der Waals surface area contributed by atoms with Crippen molar-refractivity contribution in [3.63, 3.8) is 0 Å². The highest BCUT2D eigenvalue weighted by Gasteiger charge is 2.63. The van der Waals surface area contributed by atoms with Crippen LogP contribution in [-0.2, 0) is 4.79 Å². The van der Waals surface area contributed by atoms with E-state index in [1.165, 1.54) is 19.3 Å². The molecule has 2 N–H and O–H groups in total. The molecule has 0 aliphatic heterocycles. The van der Waals surface area contributed by atoms with Gasteiger partial charge in [0.15, 0.2) is 0 Å². The maximum atomic E-state index is 11.5. The van der Waals surface area contributed by atoms with Crippen LogP contribution in [0.4, 0.5) is 0 Å². The van der Waals surface area contributed by atoms with Gasteiger partial charge in [-0.15, -0.1) is 0 Å². The normalized spacial score (nSPS) is 56.4. The van der Waals surface area contributed by atoms with E-state index in [4.69, 9.17) is 0 Å². The summed E-state index contributed by atoms with van der Waals surface area (Å²) in [6, 6.07) is 0. The summed E-state index contributed by atoms with van der Waals surface area (Å²) in [6.07, 6.45) is 9.40. The molecule has 0 aromatic rings. The smallest absolute Gasteiger partial charge is 0.123 e. The molecule has 3 nitrogen and oxygen atoms in total. The molecule has 0 aromatic heterocycles. The van der Waals surface area contributed by atoms with Crippen LogP contribution in [0, 0.1) is 46.3 Å². The van der Waals surface area contributed by atoms with Crippen molar-refractivity contribution in [2.24, 2.45) is 46.3 Å². The Balaban J connectivity index is 1.65. The zero-order chi connectivity index (χ0) is 18.0. The summed E-state index contributed by atoms with van der Waals surface area (Å²) in [5.41, 5.74) is 0.206. The van der Waals surface area contributed by atoms with Gasteiger partial charge in [-0.2, -0.15) is 0 Å². The number of carbonyl (C=O) groups is 1. The molecule has 0 bridgehead atoms. The minimum absolute atomic E-state index is 0.0537. The second-order valence-electron chi connectivity index (χ2n) is 10.4. The molecule has 0 radical (unpaired) electrons. The highest BCUT2D eigenvalue weighted by molar-refractivity contribution is 5.54. The van der Waals surface area contributed by atoms with Crippen LogP contribution in [0.1, 0.15) is 72.1 Å². The molecule has 4 fully saturated rings. The van der Waals surface area contributed by atoms with Crippen molar-refractivity contribution in [1.82, 2.24) is 0 Å². The summed E-state index contributed by atoms with van der Waals surface area (Å²) >= 11 is 0. The standard InChI is InChI=1S/C22H36O3/c1-13(12-23)17-6-7-18-16-5-4-14-10-15(24)8-9-21(14,2)19(16)11-20(25)22(17,18)3/h12-20,24-25H,4-11H2,1-3H3/t13-,14-,15-,16?,17?,18?,19?,20+,21+,22-/m1/s1. The minimum atomic E-state index is -0.281. The van der Waals surface area contributed by atoms with Crippen molar-refractivity contribution in [1.29, 1.82) is 0 Å². The maximum Gasteiger partial charge on any atom is 0.123 e. The van der Waals surface area contributed by atoms with Crippen molar-refractivity contribution in [3.05, 3.63) is 0 Å². The second-order valence-corrected chi connectivity index (χ2v) is 10.4. The van der Waals surface area contributed by atoms with Gasteiger partial charge in [-0.05, 0) is 86.4 Å². The molecule has 10 atom stereocenters. The van der Waals surface area contributed by atoms with Gasteiger partial charge in [-0.1, -0.05) is 20.8 Å². The minimum Gasteiger partial charge on any atom is -0.393 e. The lowest BCUT2D eigenvalue weighted by atomic mass is 9.43. The fourth-order valence-electron chi connectivity index (χ4n) is 8.19. The Labute approximate surface area is 152 Å². The van der Waals surface area contributed by atoms with E-state index < -0.39 is 0 Å². The lowest BCUT2D eigenvalue weighted by Gasteiger charge is -2.62. The first-order valence-corrected chi connectivity index (χ1v) is 10.6. The van der Waals surface area contributed by atoms with Gasteiger partial charge in [0, 0.05) is 11.3 Å². The van der Waals surface area contributed by atoms with E-state index in [0.29, 0.717) is 35.0 Å². The summed E-state index contributed by atoms with van der Waals surface area (Å²) < 4.78 is 0. The number of aliphatic hydroxyl groups is 2. The van der Waals surface area contributed by atoms with Gasteiger partial charge in [0.05, 0.1) is 12.2 Å². The molecular formula is C22H36O3. The molecule has 3 heteroatoms. The third-order valence-corrected chi connectivity index (χ3v) is 9.67. The number of rotatable bonds is 2. The largest absolute Gasteiger partial charge is 0.393 e. The van der Waals surface area contributed by atoms with Crippen LogP contribution in [-0.4, -0.2) is 28.7 Å². The van der Waals surface area contributed by atoms with Gasteiger partial charge in [-0.25, -0.2) is 0 Å². The zero-order valence-corrected chi connectivity index (χ0v) is 16.2. The Morgan fingerprint density at radius 1 is 1.00 bits per heavy atom. The molecular weight excluding hydrogens is 312 g/mol. The van der Waals surface area contributed by atoms with E-state index in [-0.39, 0.29) is 23.5 Å². The van der Waals surface area contributed by atoms with Gasteiger partial charge >= 0.3 is 0 Å². The number of fused-ring (bicyclic) bond motifs is 5. The van der Waals surface area contributed by atoms with Crippen LogP contribution in [0.15, 0.2) is 0 Å². The highest BCUT2D eigenvalue weighted by Crippen LogP contribution is 2.68. The van der Waals surface area contributed by atoms with Crippen LogP contribution in [0.5, 0.6) is 0 Å². The lowest BCUT2D eigenvalue weighted by Crippen LogP contribution is -2.58. The summed E-state index contributed by atoms with van der Waals surface area (Å²) in [7, 11) is 0. The van der Waals surface area contributed by atoms with E-state index in [1.54, 1.807) is 0 Å². The first-order valence-electron chi connectivity index (χ1n) is 10.6. The second kappa shape index (κ2) is 6.05. The molecule has 0 aromatic carbocycles. The molecule has 25 heavy (non-hydrogen) atoms. The van der Waals surface area contributed by atoms with E-state index in [2.05, 4.69) is 13.8 Å². The number of aliphatic hydroxyl groups excluding tert-OH is 2. The molecule has 4 aliphatic carbocycles. The number of hydrogen-bond acceptors (Lipinski definition) is 3. The van der Waals surface area contributed by atoms with Crippen LogP contribution in [0.2, 0.25) is 0 Å². The van der Waals surface area contributed by atoms with Gasteiger partial charge < -0.3 is 15.0 Å². The Morgan fingerprint density at radius 2 is 1.76 bits per heavy atom. The molecule has 4 unspecified atom stereocenters. The van der Waals surface area contributed by atoms with Crippen molar-refractivity contribution in [2.45, 2.75) is 84.3 Å². The van der Waals surface area contributed by atoms with E-state index in [0.717, 1.165) is 38.4 Å². The molecule has 4 saturated carbocycles. The Hall–Kier alpha value is -0.410. The molecule has 0 heterocycles. The average Bonchev–Trinajstić information content (AvgIpc) is 2.95. The SMILES string of the molecule is C[C@H](C=O)C1CCC2C3CC[C@@H]4C[C@H](O)CC[C@]4(C)C3C[C@H](O)[C@@]21C. The first kappa shape index (κ1) is 18.0. The molecule has 4 aliphatic rings. The van der Waals surface area contributed by atoms with Crippen LogP contribution < -0.4 is 0 Å². The fourth-order valence-corrected chi connectivity index (χ4v) is 8.19. The number of carbonyl (C=O) groups excluding carboxylic acids is 1. The van der Waals surface area contributed by atoms with Crippen LogP contribution in [0.25, 0.3) is 0 Å². The Kier molecular flexibility index (Phi) is 4.35. The quantitative estimate of drug-likeness (QED) is 0.746. The lowest BCUT2D eigenvalue weighted by molar-refractivity contribution is -0.174. The number of aldehydes is 1. The average molecular weight is 349 g/mol.